The van der Waals surface area contributed by atoms with Gasteiger partial charge in [0.1, 0.15) is 0 Å². The minimum absolute atomic E-state index is 0. The molecule has 0 bridgehead atoms. The third-order valence-corrected chi connectivity index (χ3v) is 0. The average molecular weight is 380 g/mol. The summed E-state index contributed by atoms with van der Waals surface area (Å²) < 4.78 is 0. The van der Waals surface area contributed by atoms with Crippen LogP contribution in [0.15, 0.2) is 37.0 Å². The van der Waals surface area contributed by atoms with E-state index in [2.05, 4.69) is 19.7 Å². The topological polar surface area (TPSA) is 69.2 Å². The van der Waals surface area contributed by atoms with Gasteiger partial charge in [-0.15, -0.1) is 37.0 Å². The molecule has 0 aliphatic heterocycles. The Kier molecular flexibility index (Phi) is 30.9. The zero-order valence-electron chi connectivity index (χ0n) is 8.29. The van der Waals surface area contributed by atoms with Crippen LogP contribution in [-0.2, 0) is 0 Å². The first kappa shape index (κ1) is 22.9. The molecule has 0 aromatic heterocycles. The smallest absolute Gasteiger partial charge is 0.876 e. The maximum atomic E-state index is 9.33. The fraction of sp³-hybridized carbons (Fsp3) is 0.333. The van der Waals surface area contributed by atoms with Crippen LogP contribution in [0.25, 0.3) is 0 Å². The van der Waals surface area contributed by atoms with Crippen LogP contribution < -0.4 is 15.3 Å². The summed E-state index contributed by atoms with van der Waals surface area (Å²) in [5.74, 6) is -0.250. The Bertz CT molecular complexity index is 112. The van der Waals surface area contributed by atoms with Crippen LogP contribution in [0.2, 0.25) is 0 Å². The van der Waals surface area contributed by atoms with Crippen molar-refractivity contribution in [1.82, 2.24) is 0 Å². The SMILES string of the molecule is C=C(C)[O-].C=C(C)[O-].C=C(C)[O-].[Bi+3]. The van der Waals surface area contributed by atoms with E-state index in [4.69, 9.17) is 0 Å². The van der Waals surface area contributed by atoms with Crippen molar-refractivity contribution in [3.8, 4) is 0 Å². The number of hydrogen-bond donors (Lipinski definition) is 0. The molecule has 2 radical (unpaired) electrons. The molecule has 0 unspecified atom stereocenters. The van der Waals surface area contributed by atoms with Crippen molar-refractivity contribution < 1.29 is 15.3 Å². The van der Waals surface area contributed by atoms with Gasteiger partial charge in [0.05, 0.1) is 0 Å². The molecule has 0 amide bonds. The first-order valence-corrected chi connectivity index (χ1v) is 3.17. The molecule has 0 spiro atoms. The van der Waals surface area contributed by atoms with E-state index in [9.17, 15) is 15.3 Å². The van der Waals surface area contributed by atoms with E-state index in [0.717, 1.165) is 0 Å². The van der Waals surface area contributed by atoms with E-state index in [1.165, 1.54) is 20.8 Å². The second-order valence-corrected chi connectivity index (χ2v) is 2.11. The number of hydrogen-bond acceptors (Lipinski definition) is 3. The van der Waals surface area contributed by atoms with Gasteiger partial charge in [0.25, 0.3) is 0 Å². The van der Waals surface area contributed by atoms with Gasteiger partial charge >= 0.3 is 26.2 Å². The summed E-state index contributed by atoms with van der Waals surface area (Å²) in [5, 5.41) is 28.0. The van der Waals surface area contributed by atoms with Gasteiger partial charge in [-0.3, -0.25) is 0 Å². The summed E-state index contributed by atoms with van der Waals surface area (Å²) in [6.07, 6.45) is 0. The van der Waals surface area contributed by atoms with Crippen molar-refractivity contribution >= 4 is 26.2 Å². The summed E-state index contributed by atoms with van der Waals surface area (Å²) >= 11 is 0. The van der Waals surface area contributed by atoms with E-state index < -0.39 is 0 Å². The van der Waals surface area contributed by atoms with Gasteiger partial charge in [-0.25, -0.2) is 0 Å². The Morgan fingerprint density at radius 3 is 0.692 bits per heavy atom. The molecule has 0 saturated heterocycles. The Morgan fingerprint density at radius 2 is 0.692 bits per heavy atom. The summed E-state index contributed by atoms with van der Waals surface area (Å²) in [4.78, 5) is 0. The molecule has 0 saturated carbocycles. The number of rotatable bonds is 0. The first-order chi connectivity index (χ1) is 5.20. The molecule has 0 rings (SSSR count). The van der Waals surface area contributed by atoms with Crippen LogP contribution in [0.4, 0.5) is 0 Å². The van der Waals surface area contributed by atoms with Crippen molar-refractivity contribution in [2.75, 3.05) is 0 Å². The van der Waals surface area contributed by atoms with Crippen molar-refractivity contribution in [3.05, 3.63) is 37.0 Å². The minimum atomic E-state index is -0.0833. The second kappa shape index (κ2) is 17.6. The molecule has 0 atom stereocenters. The Morgan fingerprint density at radius 1 is 0.692 bits per heavy atom. The molecule has 4 heteroatoms. The molecule has 0 heterocycles. The largest absolute Gasteiger partial charge is 3.00 e. The first-order valence-electron chi connectivity index (χ1n) is 3.17. The standard InChI is InChI=1S/3C3H6O.Bi/c3*1-3(2)4;/h3*4H,1H2,2H3;/q;;;+3/p-3. The summed E-state index contributed by atoms with van der Waals surface area (Å²) in [7, 11) is 0. The van der Waals surface area contributed by atoms with Crippen LogP contribution >= 0.6 is 0 Å². The second-order valence-electron chi connectivity index (χ2n) is 2.11. The molecule has 0 aromatic carbocycles. The maximum absolute atomic E-state index is 9.33. The van der Waals surface area contributed by atoms with Crippen LogP contribution in [0.1, 0.15) is 20.8 Å². The molecule has 0 N–H and O–H groups in total. The molecule has 13 heavy (non-hydrogen) atoms. The molecule has 3 nitrogen and oxygen atoms in total. The van der Waals surface area contributed by atoms with Crippen LogP contribution in [0.5, 0.6) is 0 Å². The van der Waals surface area contributed by atoms with E-state index >= 15 is 0 Å². The van der Waals surface area contributed by atoms with E-state index in [-0.39, 0.29) is 43.5 Å². The predicted octanol–water partition coefficient (Wildman–Crippen LogP) is -0.740. The molecular formula is C9H15BiO3. The molecule has 74 valence electrons. The number of allylic oxidation sites excluding steroid dienone is 3. The maximum Gasteiger partial charge on any atom is 3.00 e. The predicted molar refractivity (Wildman–Crippen MR) is 50.2 cm³/mol. The van der Waals surface area contributed by atoms with Crippen LogP contribution in [0, 0.1) is 0 Å². The quantitative estimate of drug-likeness (QED) is 0.411. The van der Waals surface area contributed by atoms with Gasteiger partial charge < -0.3 is 15.3 Å². The van der Waals surface area contributed by atoms with E-state index in [1.807, 2.05) is 0 Å². The monoisotopic (exact) mass is 380 g/mol. The van der Waals surface area contributed by atoms with Gasteiger partial charge in [-0.2, -0.15) is 0 Å². The third-order valence-electron chi connectivity index (χ3n) is 0. The zero-order valence-corrected chi connectivity index (χ0v) is 11.8. The fourth-order valence-electron chi connectivity index (χ4n) is 0. The average Bonchev–Trinajstić information content (AvgIpc) is 1.54. The minimum Gasteiger partial charge on any atom is -0.876 e. The fourth-order valence-corrected chi connectivity index (χ4v) is 0. The van der Waals surface area contributed by atoms with Gasteiger partial charge in [-0.05, 0) is 0 Å². The molecule has 0 aliphatic carbocycles. The van der Waals surface area contributed by atoms with E-state index in [0.29, 0.717) is 0 Å². The van der Waals surface area contributed by atoms with Gasteiger partial charge in [-0.1, -0.05) is 20.8 Å². The van der Waals surface area contributed by atoms with Gasteiger partial charge in [0.15, 0.2) is 0 Å². The Hall–Kier alpha value is -0.497. The molecule has 0 aliphatic rings. The summed E-state index contributed by atoms with van der Waals surface area (Å²) in [6.45, 7) is 13.2. The van der Waals surface area contributed by atoms with Crippen LogP contribution in [-0.4, -0.2) is 26.2 Å². The molecule has 0 fully saturated rings. The normalized spacial score (nSPS) is 5.77. The summed E-state index contributed by atoms with van der Waals surface area (Å²) in [6, 6.07) is 0. The zero-order chi connectivity index (χ0) is 10.7. The Labute approximate surface area is 99.2 Å². The Balaban J connectivity index is -0.0000000450. The molecule has 0 aromatic rings. The van der Waals surface area contributed by atoms with Gasteiger partial charge in [0, 0.05) is 0 Å². The molecular weight excluding hydrogens is 365 g/mol. The van der Waals surface area contributed by atoms with Crippen molar-refractivity contribution in [3.63, 3.8) is 0 Å². The van der Waals surface area contributed by atoms with E-state index in [1.54, 1.807) is 0 Å². The van der Waals surface area contributed by atoms with Crippen LogP contribution in [0.3, 0.4) is 0 Å². The third kappa shape index (κ3) is 4210. The van der Waals surface area contributed by atoms with Crippen molar-refractivity contribution in [2.45, 2.75) is 20.8 Å². The van der Waals surface area contributed by atoms with Crippen molar-refractivity contribution in [1.29, 1.82) is 0 Å². The van der Waals surface area contributed by atoms with Gasteiger partial charge in [0.2, 0.25) is 0 Å². The summed E-state index contributed by atoms with van der Waals surface area (Å²) in [5.41, 5.74) is 0. The van der Waals surface area contributed by atoms with Crippen molar-refractivity contribution in [2.24, 2.45) is 0 Å².